The Morgan fingerprint density at radius 1 is 1.03 bits per heavy atom. The van der Waals surface area contributed by atoms with E-state index in [1.807, 2.05) is 0 Å². The van der Waals surface area contributed by atoms with Crippen LogP contribution >= 0.6 is 0 Å². The monoisotopic (exact) mass is 474 g/mol. The molecule has 0 aromatic heterocycles. The highest BCUT2D eigenvalue weighted by atomic mass is 28.4. The molecular formula is C27H46N2O3Si. The average Bonchev–Trinajstić information content (AvgIpc) is 3.01. The first-order valence-corrected chi connectivity index (χ1v) is 16.4. The maximum atomic E-state index is 7.14. The van der Waals surface area contributed by atoms with Gasteiger partial charge in [-0.05, 0) is 107 Å². The fourth-order valence-corrected chi connectivity index (χ4v) is 10.3. The normalized spacial score (nSPS) is 44.6. The predicted octanol–water partition coefficient (Wildman–Crippen LogP) is 6.81. The minimum Gasteiger partial charge on any atom is -0.406 e. The molecule has 3 saturated carbocycles. The van der Waals surface area contributed by atoms with Crippen molar-refractivity contribution in [2.24, 2.45) is 44.8 Å². The van der Waals surface area contributed by atoms with E-state index in [-0.39, 0.29) is 16.4 Å². The van der Waals surface area contributed by atoms with Gasteiger partial charge in [0.2, 0.25) is 0 Å². The zero-order chi connectivity index (χ0) is 24.2. The first-order chi connectivity index (χ1) is 15.4. The van der Waals surface area contributed by atoms with Crippen LogP contribution in [0.3, 0.4) is 0 Å². The van der Waals surface area contributed by atoms with Gasteiger partial charge in [0.05, 0.1) is 11.4 Å². The first kappa shape index (κ1) is 25.0. The van der Waals surface area contributed by atoms with Crippen LogP contribution in [-0.2, 0) is 14.1 Å². The van der Waals surface area contributed by atoms with E-state index in [0.717, 1.165) is 36.1 Å². The van der Waals surface area contributed by atoms with Crippen LogP contribution < -0.4 is 0 Å². The van der Waals surface area contributed by atoms with Gasteiger partial charge in [-0.3, -0.25) is 0 Å². The minimum absolute atomic E-state index is 0.106. The van der Waals surface area contributed by atoms with Crippen molar-refractivity contribution in [3.05, 3.63) is 11.6 Å². The quantitative estimate of drug-likeness (QED) is 0.250. The second kappa shape index (κ2) is 8.51. The zero-order valence-electron chi connectivity index (χ0n) is 22.5. The Kier molecular flexibility index (Phi) is 6.44. The molecule has 33 heavy (non-hydrogen) atoms. The van der Waals surface area contributed by atoms with Crippen molar-refractivity contribution in [1.82, 2.24) is 0 Å². The smallest absolute Gasteiger partial charge is 0.185 e. The molecule has 4 aliphatic carbocycles. The van der Waals surface area contributed by atoms with Crippen LogP contribution in [0.2, 0.25) is 19.6 Å². The number of oxime groups is 2. The third-order valence-corrected chi connectivity index (χ3v) is 10.9. The summed E-state index contributed by atoms with van der Waals surface area (Å²) in [6.45, 7) is 16.6. The number of allylic oxidation sites excluding steroid dienone is 2. The summed E-state index contributed by atoms with van der Waals surface area (Å²) >= 11 is 0. The topological polar surface area (TPSA) is 52.4 Å². The Morgan fingerprint density at radius 2 is 1.73 bits per heavy atom. The second-order valence-electron chi connectivity index (χ2n) is 12.7. The van der Waals surface area contributed by atoms with Crippen LogP contribution in [0.25, 0.3) is 0 Å². The molecule has 0 bridgehead atoms. The Hall–Kier alpha value is -1.14. The highest BCUT2D eigenvalue weighted by Gasteiger charge is 2.67. The van der Waals surface area contributed by atoms with E-state index in [2.05, 4.69) is 63.7 Å². The fraction of sp³-hybridized carbons (Fsp3) is 0.852. The Labute approximate surface area is 202 Å². The van der Waals surface area contributed by atoms with Gasteiger partial charge in [-0.25, -0.2) is 0 Å². The van der Waals surface area contributed by atoms with Crippen LogP contribution in [0.4, 0.5) is 0 Å². The van der Waals surface area contributed by atoms with Gasteiger partial charge in [0.15, 0.2) is 8.32 Å². The van der Waals surface area contributed by atoms with E-state index in [0.29, 0.717) is 11.8 Å². The molecule has 0 N–H and O–H groups in total. The first-order valence-electron chi connectivity index (χ1n) is 13.0. The van der Waals surface area contributed by atoms with E-state index >= 15 is 0 Å². The Bertz CT molecular complexity index is 862. The standard InChI is InChI=1S/C27H46N2O3Si/c1-18-16-21-22(25(3)13-10-20(29-31-6)17-24(18)25)11-14-26(4)23(21)12-15-27(26,19(2)28-30-5)32-33(7,8)9/h17-18,21-23H,10-16H2,1-9H3/b28-19+,29-20+/t18?,21-,22+,23+,25-,26+,27+/m1/s1. The molecule has 0 spiro atoms. The number of fused-ring (bicyclic) bond motifs is 5. The van der Waals surface area contributed by atoms with Crippen LogP contribution in [0, 0.1) is 34.5 Å². The summed E-state index contributed by atoms with van der Waals surface area (Å²) in [4.78, 5) is 10.4. The lowest BCUT2D eigenvalue weighted by Crippen LogP contribution is -2.61. The Balaban J connectivity index is 1.73. The molecule has 3 fully saturated rings. The van der Waals surface area contributed by atoms with Crippen LogP contribution in [0.5, 0.6) is 0 Å². The van der Waals surface area contributed by atoms with Crippen LogP contribution in [0.15, 0.2) is 22.0 Å². The molecule has 0 aliphatic heterocycles. The molecule has 4 rings (SSSR count). The summed E-state index contributed by atoms with van der Waals surface area (Å²) in [5.41, 5.74) is 3.87. The minimum atomic E-state index is -1.80. The van der Waals surface area contributed by atoms with Gasteiger partial charge in [0.25, 0.3) is 0 Å². The molecule has 5 nitrogen and oxygen atoms in total. The molecule has 4 aliphatic rings. The summed E-state index contributed by atoms with van der Waals surface area (Å²) < 4.78 is 7.14. The summed E-state index contributed by atoms with van der Waals surface area (Å²) in [5.74, 6) is 2.74. The van der Waals surface area contributed by atoms with Gasteiger partial charge in [0, 0.05) is 5.41 Å². The van der Waals surface area contributed by atoms with Crippen molar-refractivity contribution < 1.29 is 14.1 Å². The number of hydrogen-bond acceptors (Lipinski definition) is 5. The van der Waals surface area contributed by atoms with Gasteiger partial charge in [-0.2, -0.15) is 0 Å². The molecule has 0 saturated heterocycles. The summed E-state index contributed by atoms with van der Waals surface area (Å²) in [6, 6.07) is 0. The van der Waals surface area contributed by atoms with Crippen LogP contribution in [0.1, 0.15) is 72.6 Å². The third kappa shape index (κ3) is 3.83. The van der Waals surface area contributed by atoms with Crippen LogP contribution in [-0.4, -0.2) is 39.6 Å². The highest BCUT2D eigenvalue weighted by molar-refractivity contribution is 6.70. The molecule has 186 valence electrons. The number of nitrogens with zero attached hydrogens (tertiary/aromatic N) is 2. The van der Waals surface area contributed by atoms with Crippen molar-refractivity contribution in [3.8, 4) is 0 Å². The average molecular weight is 475 g/mol. The SMILES string of the molecule is CO/N=C1/C=C2C(C)C[C@@H]3[C@H](CC[C@@]4(C)[C@H]3CC[C@]4(O[Si](C)(C)C)/C(C)=N/OC)[C@@]2(C)CC1. The third-order valence-electron chi connectivity index (χ3n) is 9.92. The van der Waals surface area contributed by atoms with Gasteiger partial charge in [-0.1, -0.05) is 36.7 Å². The maximum absolute atomic E-state index is 7.14. The predicted molar refractivity (Wildman–Crippen MR) is 138 cm³/mol. The number of rotatable bonds is 5. The van der Waals surface area contributed by atoms with Crippen molar-refractivity contribution in [2.45, 2.75) is 97.9 Å². The second-order valence-corrected chi connectivity index (χ2v) is 17.1. The lowest BCUT2D eigenvalue weighted by molar-refractivity contribution is -0.0946. The van der Waals surface area contributed by atoms with Crippen molar-refractivity contribution in [1.29, 1.82) is 0 Å². The highest BCUT2D eigenvalue weighted by Crippen LogP contribution is 2.69. The molecule has 0 radical (unpaired) electrons. The molecule has 0 heterocycles. The molecular weight excluding hydrogens is 428 g/mol. The van der Waals surface area contributed by atoms with Gasteiger partial charge >= 0.3 is 0 Å². The molecule has 0 amide bonds. The van der Waals surface area contributed by atoms with E-state index in [4.69, 9.17) is 14.1 Å². The van der Waals surface area contributed by atoms with Gasteiger partial charge in [0.1, 0.15) is 19.8 Å². The van der Waals surface area contributed by atoms with E-state index in [1.165, 1.54) is 32.1 Å². The van der Waals surface area contributed by atoms with E-state index in [1.54, 1.807) is 19.8 Å². The molecule has 7 atom stereocenters. The molecule has 1 unspecified atom stereocenters. The van der Waals surface area contributed by atoms with Gasteiger partial charge < -0.3 is 14.1 Å². The van der Waals surface area contributed by atoms with E-state index < -0.39 is 8.32 Å². The fourth-order valence-electron chi connectivity index (χ4n) is 8.75. The van der Waals surface area contributed by atoms with E-state index in [9.17, 15) is 0 Å². The lowest BCUT2D eigenvalue weighted by Gasteiger charge is -2.61. The largest absolute Gasteiger partial charge is 0.406 e. The van der Waals surface area contributed by atoms with Crippen molar-refractivity contribution in [3.63, 3.8) is 0 Å². The summed E-state index contributed by atoms with van der Waals surface area (Å²) in [7, 11) is 1.53. The van der Waals surface area contributed by atoms with Gasteiger partial charge in [-0.15, -0.1) is 0 Å². The van der Waals surface area contributed by atoms with Crippen molar-refractivity contribution >= 4 is 19.7 Å². The van der Waals surface area contributed by atoms with Crippen molar-refractivity contribution in [2.75, 3.05) is 14.2 Å². The molecule has 0 aromatic rings. The zero-order valence-corrected chi connectivity index (χ0v) is 23.5. The molecule has 0 aromatic carbocycles. The molecule has 6 heteroatoms. The lowest BCUT2D eigenvalue weighted by atomic mass is 9.44. The summed E-state index contributed by atoms with van der Waals surface area (Å²) in [5, 5.41) is 8.80. The number of hydrogen-bond donors (Lipinski definition) is 0. The summed E-state index contributed by atoms with van der Waals surface area (Å²) in [6.07, 6.45) is 10.6. The maximum Gasteiger partial charge on any atom is 0.185 e. The Morgan fingerprint density at radius 3 is 2.36 bits per heavy atom.